The number of ether oxygens (including phenoxy) is 1. The highest BCUT2D eigenvalue weighted by Crippen LogP contribution is 2.25. The number of piperidine rings is 2. The van der Waals surface area contributed by atoms with Crippen LogP contribution in [-0.2, 0) is 9.53 Å². The van der Waals surface area contributed by atoms with Gasteiger partial charge < -0.3 is 19.9 Å². The van der Waals surface area contributed by atoms with Crippen LogP contribution < -0.4 is 5.32 Å². The van der Waals surface area contributed by atoms with Gasteiger partial charge in [-0.3, -0.25) is 9.69 Å². The van der Waals surface area contributed by atoms with Crippen LogP contribution in [0.4, 0.5) is 10.5 Å². The topological polar surface area (TPSA) is 65.1 Å². The molecule has 182 valence electrons. The number of hydrogen-bond donors (Lipinski definition) is 1. The third-order valence-corrected chi connectivity index (χ3v) is 7.27. The maximum Gasteiger partial charge on any atom is 0.321 e. The summed E-state index contributed by atoms with van der Waals surface area (Å²) in [6, 6.07) is 7.71. The van der Waals surface area contributed by atoms with Gasteiger partial charge in [-0.1, -0.05) is 12.1 Å². The van der Waals surface area contributed by atoms with Crippen molar-refractivity contribution in [2.45, 2.75) is 58.7 Å². The van der Waals surface area contributed by atoms with Crippen molar-refractivity contribution in [2.24, 2.45) is 11.8 Å². The van der Waals surface area contributed by atoms with E-state index in [1.807, 2.05) is 41.0 Å². The molecule has 3 aliphatic heterocycles. The zero-order chi connectivity index (χ0) is 23.4. The molecule has 1 aromatic rings. The summed E-state index contributed by atoms with van der Waals surface area (Å²) in [5.74, 6) is 0.795. The van der Waals surface area contributed by atoms with E-state index in [0.717, 1.165) is 69.7 Å². The predicted octanol–water partition coefficient (Wildman–Crippen LogP) is 3.59. The lowest BCUT2D eigenvalue weighted by Gasteiger charge is -2.40. The van der Waals surface area contributed by atoms with Crippen molar-refractivity contribution in [3.63, 3.8) is 0 Å². The first-order chi connectivity index (χ1) is 15.9. The fourth-order valence-corrected chi connectivity index (χ4v) is 5.68. The molecule has 7 nitrogen and oxygen atoms in total. The average Bonchev–Trinajstić information content (AvgIpc) is 2.78. The molecular weight excluding hydrogens is 416 g/mol. The first-order valence-electron chi connectivity index (χ1n) is 12.7. The normalized spacial score (nSPS) is 27.4. The summed E-state index contributed by atoms with van der Waals surface area (Å²) >= 11 is 0. The Morgan fingerprint density at radius 1 is 1.00 bits per heavy atom. The second kappa shape index (κ2) is 10.9. The molecule has 3 saturated heterocycles. The predicted molar refractivity (Wildman–Crippen MR) is 130 cm³/mol. The number of anilines is 1. The SMILES string of the molecule is Cc1cccc(NC(=O)N2CCCC(C(=O)N3CCC(CN4CC(C)OC(C)C4)CC3)C2)c1. The lowest BCUT2D eigenvalue weighted by Crippen LogP contribution is -2.51. The van der Waals surface area contributed by atoms with Crippen molar-refractivity contribution in [1.29, 1.82) is 0 Å². The van der Waals surface area contributed by atoms with E-state index in [0.29, 0.717) is 31.2 Å². The molecule has 3 fully saturated rings. The molecule has 3 amide bonds. The molecule has 3 aliphatic rings. The van der Waals surface area contributed by atoms with Crippen LogP contribution in [0.15, 0.2) is 24.3 Å². The largest absolute Gasteiger partial charge is 0.373 e. The Bertz CT molecular complexity index is 814. The van der Waals surface area contributed by atoms with E-state index < -0.39 is 0 Å². The Morgan fingerprint density at radius 3 is 2.42 bits per heavy atom. The van der Waals surface area contributed by atoms with Crippen LogP contribution in [0.25, 0.3) is 0 Å². The van der Waals surface area contributed by atoms with Gasteiger partial charge in [-0.2, -0.15) is 0 Å². The number of likely N-dealkylation sites (tertiary alicyclic amines) is 2. The lowest BCUT2D eigenvalue weighted by molar-refractivity contribution is -0.138. The Morgan fingerprint density at radius 2 is 1.73 bits per heavy atom. The molecule has 3 atom stereocenters. The summed E-state index contributed by atoms with van der Waals surface area (Å²) in [6.07, 6.45) is 4.48. The zero-order valence-corrected chi connectivity index (χ0v) is 20.5. The molecule has 0 spiro atoms. The monoisotopic (exact) mass is 456 g/mol. The minimum absolute atomic E-state index is 0.0838. The van der Waals surface area contributed by atoms with Gasteiger partial charge in [0.1, 0.15) is 0 Å². The molecule has 0 saturated carbocycles. The van der Waals surface area contributed by atoms with Gasteiger partial charge in [0, 0.05) is 51.5 Å². The van der Waals surface area contributed by atoms with Gasteiger partial charge in [-0.25, -0.2) is 4.79 Å². The van der Waals surface area contributed by atoms with E-state index in [9.17, 15) is 9.59 Å². The van der Waals surface area contributed by atoms with Gasteiger partial charge >= 0.3 is 6.03 Å². The van der Waals surface area contributed by atoms with Gasteiger partial charge in [0.05, 0.1) is 18.1 Å². The van der Waals surface area contributed by atoms with Crippen molar-refractivity contribution in [3.8, 4) is 0 Å². The summed E-state index contributed by atoms with van der Waals surface area (Å²) in [5.41, 5.74) is 1.92. The van der Waals surface area contributed by atoms with Crippen LogP contribution in [0.3, 0.4) is 0 Å². The van der Waals surface area contributed by atoms with Crippen LogP contribution in [0.5, 0.6) is 0 Å². The number of amides is 3. The number of urea groups is 1. The molecule has 1 N–H and O–H groups in total. The first kappa shape index (κ1) is 24.0. The standard InChI is InChI=1S/C26H40N4O3/c1-19-6-4-8-24(14-19)27-26(32)30-11-5-7-23(18-30)25(31)29-12-9-22(10-13-29)17-28-15-20(2)33-21(3)16-28/h4,6,8,14,20-23H,5,7,9-13,15-18H2,1-3H3,(H,27,32). The van der Waals surface area contributed by atoms with Crippen LogP contribution in [0, 0.1) is 18.8 Å². The molecule has 3 heterocycles. The fraction of sp³-hybridized carbons (Fsp3) is 0.692. The minimum Gasteiger partial charge on any atom is -0.373 e. The van der Waals surface area contributed by atoms with E-state index >= 15 is 0 Å². The molecule has 0 radical (unpaired) electrons. The molecule has 33 heavy (non-hydrogen) atoms. The summed E-state index contributed by atoms with van der Waals surface area (Å²) in [7, 11) is 0. The number of aryl methyl sites for hydroxylation is 1. The van der Waals surface area contributed by atoms with Crippen LogP contribution in [-0.4, -0.2) is 84.7 Å². The number of hydrogen-bond acceptors (Lipinski definition) is 4. The quantitative estimate of drug-likeness (QED) is 0.752. The summed E-state index contributed by atoms with van der Waals surface area (Å²) in [4.78, 5) is 32.4. The minimum atomic E-state index is -0.106. The highest BCUT2D eigenvalue weighted by Gasteiger charge is 2.34. The second-order valence-electron chi connectivity index (χ2n) is 10.3. The third-order valence-electron chi connectivity index (χ3n) is 7.27. The van der Waals surface area contributed by atoms with E-state index in [-0.39, 0.29) is 17.9 Å². The summed E-state index contributed by atoms with van der Waals surface area (Å²) in [5, 5.41) is 2.99. The number of morpholine rings is 1. The number of nitrogens with one attached hydrogen (secondary N) is 1. The lowest BCUT2D eigenvalue weighted by atomic mass is 9.92. The van der Waals surface area contributed by atoms with Gasteiger partial charge in [0.25, 0.3) is 0 Å². The van der Waals surface area contributed by atoms with E-state index in [1.165, 1.54) is 0 Å². The molecule has 4 rings (SSSR count). The smallest absolute Gasteiger partial charge is 0.321 e. The Balaban J connectivity index is 1.24. The van der Waals surface area contributed by atoms with Gasteiger partial charge in [-0.05, 0) is 70.1 Å². The summed E-state index contributed by atoms with van der Waals surface area (Å²) < 4.78 is 5.86. The van der Waals surface area contributed by atoms with Crippen molar-refractivity contribution >= 4 is 17.6 Å². The first-order valence-corrected chi connectivity index (χ1v) is 12.7. The van der Waals surface area contributed by atoms with Gasteiger partial charge in [-0.15, -0.1) is 0 Å². The van der Waals surface area contributed by atoms with Gasteiger partial charge in [0.2, 0.25) is 5.91 Å². The van der Waals surface area contributed by atoms with Gasteiger partial charge in [0.15, 0.2) is 0 Å². The summed E-state index contributed by atoms with van der Waals surface area (Å²) in [6.45, 7) is 12.3. The number of nitrogens with zero attached hydrogens (tertiary/aromatic N) is 3. The second-order valence-corrected chi connectivity index (χ2v) is 10.3. The van der Waals surface area contributed by atoms with Crippen molar-refractivity contribution in [1.82, 2.24) is 14.7 Å². The number of benzene rings is 1. The van der Waals surface area contributed by atoms with Crippen molar-refractivity contribution in [3.05, 3.63) is 29.8 Å². The van der Waals surface area contributed by atoms with Crippen LogP contribution in [0.2, 0.25) is 0 Å². The Labute approximate surface area is 198 Å². The highest BCUT2D eigenvalue weighted by atomic mass is 16.5. The van der Waals surface area contributed by atoms with E-state index in [2.05, 4.69) is 24.1 Å². The fourth-order valence-electron chi connectivity index (χ4n) is 5.68. The van der Waals surface area contributed by atoms with Crippen LogP contribution >= 0.6 is 0 Å². The molecular formula is C26H40N4O3. The molecule has 7 heteroatoms. The molecule has 0 aromatic heterocycles. The molecule has 0 aliphatic carbocycles. The third kappa shape index (κ3) is 6.48. The number of carbonyl (C=O) groups is 2. The zero-order valence-electron chi connectivity index (χ0n) is 20.5. The molecule has 0 bridgehead atoms. The highest BCUT2D eigenvalue weighted by molar-refractivity contribution is 5.90. The number of rotatable bonds is 4. The molecule has 3 unspecified atom stereocenters. The van der Waals surface area contributed by atoms with E-state index in [4.69, 9.17) is 4.74 Å². The van der Waals surface area contributed by atoms with Crippen LogP contribution in [0.1, 0.15) is 45.1 Å². The Kier molecular flexibility index (Phi) is 7.91. The van der Waals surface area contributed by atoms with Crippen molar-refractivity contribution in [2.75, 3.05) is 51.1 Å². The van der Waals surface area contributed by atoms with E-state index in [1.54, 1.807) is 0 Å². The maximum absolute atomic E-state index is 13.2. The number of carbonyl (C=O) groups excluding carboxylic acids is 2. The Hall–Kier alpha value is -2.12. The maximum atomic E-state index is 13.2. The molecule has 1 aromatic carbocycles. The average molecular weight is 457 g/mol. The van der Waals surface area contributed by atoms with Crippen molar-refractivity contribution < 1.29 is 14.3 Å².